The number of ether oxygens (including phenoxy) is 3. The van der Waals surface area contributed by atoms with Crippen molar-refractivity contribution < 1.29 is 38.2 Å². The van der Waals surface area contributed by atoms with E-state index in [0.717, 1.165) is 44.9 Å². The van der Waals surface area contributed by atoms with Crippen LogP contribution in [0.15, 0.2) is 85.1 Å². The first-order valence-electron chi connectivity index (χ1n) is 22.7. The number of likely N-dealkylation sites (N-methyl/N-ethyl adjacent to an activating group) is 1. The van der Waals surface area contributed by atoms with E-state index in [4.69, 9.17) is 14.2 Å². The van der Waals surface area contributed by atoms with Gasteiger partial charge in [0.1, 0.15) is 6.61 Å². The van der Waals surface area contributed by atoms with Crippen molar-refractivity contribution >= 4 is 17.9 Å². The van der Waals surface area contributed by atoms with Gasteiger partial charge in [-0.25, -0.2) is 4.79 Å². The summed E-state index contributed by atoms with van der Waals surface area (Å²) >= 11 is 0. The molecular weight excluding hydrogens is 727 g/mol. The van der Waals surface area contributed by atoms with E-state index in [1.165, 1.54) is 77.0 Å². The lowest BCUT2D eigenvalue weighted by atomic mass is 10.1. The molecule has 2 unspecified atom stereocenters. The maximum atomic E-state index is 12.7. The zero-order chi connectivity index (χ0) is 42.8. The molecule has 0 aromatic rings. The second-order valence-electron chi connectivity index (χ2n) is 16.1. The summed E-state index contributed by atoms with van der Waals surface area (Å²) < 4.78 is 17.2. The van der Waals surface area contributed by atoms with E-state index >= 15 is 0 Å². The molecule has 0 aliphatic rings. The van der Waals surface area contributed by atoms with E-state index in [9.17, 15) is 19.5 Å². The highest BCUT2D eigenvalue weighted by atomic mass is 16.6. The molecule has 0 radical (unpaired) electrons. The zero-order valence-electron chi connectivity index (χ0n) is 37.5. The molecule has 330 valence electrons. The monoisotopic (exact) mass is 811 g/mol. The number of unbranched alkanes of at least 4 members (excludes halogenated alkanes) is 16. The number of allylic oxidation sites excluding steroid dienone is 14. The molecule has 2 atom stereocenters. The molecule has 58 heavy (non-hydrogen) atoms. The van der Waals surface area contributed by atoms with Crippen LogP contribution in [0.25, 0.3) is 0 Å². The summed E-state index contributed by atoms with van der Waals surface area (Å²) in [6.07, 6.45) is 52.0. The number of carboxylic acids is 1. The summed E-state index contributed by atoms with van der Waals surface area (Å²) in [5.41, 5.74) is 0. The van der Waals surface area contributed by atoms with Crippen LogP contribution in [0, 0.1) is 0 Å². The molecule has 0 rings (SSSR count). The van der Waals surface area contributed by atoms with Gasteiger partial charge in [0.2, 0.25) is 0 Å². The number of esters is 2. The Hall–Kier alpha value is -3.49. The van der Waals surface area contributed by atoms with Crippen LogP contribution in [0.4, 0.5) is 0 Å². The van der Waals surface area contributed by atoms with Crippen molar-refractivity contribution in [1.29, 1.82) is 0 Å². The number of carbonyl (C=O) groups excluding carboxylic acids is 2. The van der Waals surface area contributed by atoms with Gasteiger partial charge in [-0.3, -0.25) is 9.59 Å². The van der Waals surface area contributed by atoms with Gasteiger partial charge in [-0.2, -0.15) is 0 Å². The summed E-state index contributed by atoms with van der Waals surface area (Å²) in [5, 5.41) is 9.62. The normalized spacial score (nSPS) is 13.7. The number of hydrogen-bond donors (Lipinski definition) is 1. The largest absolute Gasteiger partial charge is 0.477 e. The topological polar surface area (TPSA) is 99.1 Å². The minimum atomic E-state index is -0.887. The van der Waals surface area contributed by atoms with Crippen molar-refractivity contribution in [3.05, 3.63) is 85.1 Å². The van der Waals surface area contributed by atoms with Gasteiger partial charge in [0.05, 0.1) is 34.4 Å². The van der Waals surface area contributed by atoms with E-state index in [1.807, 2.05) is 69.8 Å². The molecule has 8 heteroatoms. The van der Waals surface area contributed by atoms with Crippen LogP contribution in [0.5, 0.6) is 0 Å². The maximum Gasteiger partial charge on any atom is 0.362 e. The third-order valence-electron chi connectivity index (χ3n) is 9.68. The first-order valence-corrected chi connectivity index (χ1v) is 22.7. The van der Waals surface area contributed by atoms with E-state index in [2.05, 4.69) is 50.3 Å². The summed E-state index contributed by atoms with van der Waals surface area (Å²) in [5.74, 6) is -1.54. The molecule has 0 aliphatic carbocycles. The highest BCUT2D eigenvalue weighted by molar-refractivity contribution is 5.72. The van der Waals surface area contributed by atoms with Crippen LogP contribution in [-0.4, -0.2) is 80.6 Å². The molecule has 1 N–H and O–H groups in total. The number of carbonyl (C=O) groups is 3. The zero-order valence-corrected chi connectivity index (χ0v) is 37.5. The van der Waals surface area contributed by atoms with Crippen LogP contribution in [-0.2, 0) is 28.6 Å². The number of nitrogens with zero attached hydrogens (tertiary/aromatic N) is 1. The highest BCUT2D eigenvalue weighted by Gasteiger charge is 2.31. The third kappa shape index (κ3) is 38.1. The second-order valence-corrected chi connectivity index (χ2v) is 16.1. The molecule has 0 saturated carbocycles. The van der Waals surface area contributed by atoms with Gasteiger partial charge in [-0.05, 0) is 57.8 Å². The Labute approximate surface area is 354 Å². The van der Waals surface area contributed by atoms with Crippen molar-refractivity contribution in [2.75, 3.05) is 41.0 Å². The highest BCUT2D eigenvalue weighted by Crippen LogP contribution is 2.14. The Morgan fingerprint density at radius 3 is 1.47 bits per heavy atom. The first kappa shape index (κ1) is 54.5. The fourth-order valence-electron chi connectivity index (χ4n) is 6.16. The van der Waals surface area contributed by atoms with Gasteiger partial charge in [0.15, 0.2) is 12.1 Å². The van der Waals surface area contributed by atoms with Gasteiger partial charge in [0.25, 0.3) is 0 Å². The van der Waals surface area contributed by atoms with E-state index in [-0.39, 0.29) is 42.7 Å². The summed E-state index contributed by atoms with van der Waals surface area (Å²) in [7, 11) is 5.50. The van der Waals surface area contributed by atoms with Crippen LogP contribution in [0.3, 0.4) is 0 Å². The molecular formula is C50H84NO7+. The Morgan fingerprint density at radius 2 is 0.966 bits per heavy atom. The molecule has 0 saturated heterocycles. The van der Waals surface area contributed by atoms with Gasteiger partial charge in [-0.15, -0.1) is 0 Å². The van der Waals surface area contributed by atoms with Crippen LogP contribution in [0.1, 0.15) is 162 Å². The Balaban J connectivity index is 4.39. The van der Waals surface area contributed by atoms with Crippen LogP contribution in [0.2, 0.25) is 0 Å². The molecule has 0 aliphatic heterocycles. The molecule has 8 nitrogen and oxygen atoms in total. The molecule has 0 spiro atoms. The summed E-state index contributed by atoms with van der Waals surface area (Å²) in [6.45, 7) is 4.50. The quantitative estimate of drug-likeness (QED) is 0.0286. The molecule has 0 bridgehead atoms. The molecule has 0 aromatic carbocycles. The minimum absolute atomic E-state index is 0.0378. The van der Waals surface area contributed by atoms with Crippen molar-refractivity contribution in [2.24, 2.45) is 0 Å². The molecule has 0 aromatic heterocycles. The lowest BCUT2D eigenvalue weighted by Crippen LogP contribution is -2.50. The van der Waals surface area contributed by atoms with E-state index in [1.54, 1.807) is 0 Å². The standard InChI is InChI=1S/C50H83NO7/c1-6-8-10-12-14-16-18-20-22-23-24-25-27-28-30-32-34-36-38-40-48(52)57-45-46(44-56-43-42-47(50(54)55)51(3,4)5)58-49(53)41-39-37-35-33-31-29-26-21-19-17-15-13-11-9-7-2/h9,11,13-21,26,29,31,46-47H,6-8,10,12,22-25,27-28,30,32-45H2,1-5H3/p+1/b11-9+,15-13+,16-14+,19-17+,20-18+,26-21+,31-29+. The predicted molar refractivity (Wildman–Crippen MR) is 243 cm³/mol. The Kier molecular flexibility index (Phi) is 37.9. The maximum absolute atomic E-state index is 12.7. The average molecular weight is 811 g/mol. The lowest BCUT2D eigenvalue weighted by Gasteiger charge is -2.31. The van der Waals surface area contributed by atoms with Gasteiger partial charge < -0.3 is 23.8 Å². The Bertz CT molecular complexity index is 1220. The van der Waals surface area contributed by atoms with Gasteiger partial charge >= 0.3 is 17.9 Å². The van der Waals surface area contributed by atoms with Crippen molar-refractivity contribution in [1.82, 2.24) is 0 Å². The third-order valence-corrected chi connectivity index (χ3v) is 9.68. The fraction of sp³-hybridized carbons (Fsp3) is 0.660. The number of hydrogen-bond acceptors (Lipinski definition) is 6. The number of carboxylic acid groups (broad SMARTS) is 1. The first-order chi connectivity index (χ1) is 28.1. The van der Waals surface area contributed by atoms with E-state index in [0.29, 0.717) is 19.3 Å². The molecule has 0 amide bonds. The lowest BCUT2D eigenvalue weighted by molar-refractivity contribution is -0.887. The predicted octanol–water partition coefficient (Wildman–Crippen LogP) is 12.5. The Morgan fingerprint density at radius 1 is 0.534 bits per heavy atom. The number of aliphatic carboxylic acids is 1. The summed E-state index contributed by atoms with van der Waals surface area (Å²) in [6, 6.07) is -0.628. The van der Waals surface area contributed by atoms with Crippen LogP contribution >= 0.6 is 0 Å². The van der Waals surface area contributed by atoms with Crippen molar-refractivity contribution in [3.8, 4) is 0 Å². The second kappa shape index (κ2) is 40.3. The van der Waals surface area contributed by atoms with Gasteiger partial charge in [0, 0.05) is 19.3 Å². The number of quaternary nitrogens is 1. The molecule has 0 heterocycles. The fourth-order valence-corrected chi connectivity index (χ4v) is 6.16. The smallest absolute Gasteiger partial charge is 0.362 e. The van der Waals surface area contributed by atoms with Crippen molar-refractivity contribution in [3.63, 3.8) is 0 Å². The molecule has 0 fully saturated rings. The minimum Gasteiger partial charge on any atom is -0.477 e. The van der Waals surface area contributed by atoms with Crippen molar-refractivity contribution in [2.45, 2.75) is 174 Å². The number of rotatable bonds is 39. The summed E-state index contributed by atoms with van der Waals surface area (Å²) in [4.78, 5) is 37.0. The van der Waals surface area contributed by atoms with Gasteiger partial charge in [-0.1, -0.05) is 170 Å². The van der Waals surface area contributed by atoms with E-state index < -0.39 is 18.1 Å². The SMILES string of the molecule is CC/C=C/C=C/C=C/C=C/C=C/CCCCCC(=O)OC(COCCC(C(=O)O)[N+](C)(C)C)COC(=O)CCCCCCCCCCCC/C=C/C=C/CCCCC. The van der Waals surface area contributed by atoms with Crippen LogP contribution < -0.4 is 0 Å². The average Bonchev–Trinajstić information content (AvgIpc) is 3.18.